The molecule has 0 radical (unpaired) electrons. The van der Waals surface area contributed by atoms with Crippen LogP contribution < -0.4 is 9.47 Å². The van der Waals surface area contributed by atoms with Crippen LogP contribution in [0.4, 0.5) is 13.2 Å². The van der Waals surface area contributed by atoms with Gasteiger partial charge in [0.15, 0.2) is 0 Å². The standard InChI is InChI=1S/C23H25F3O2S/c1-6-18(13-20-11-15(2)16(3)12-22(20)27-5)14-29-17(4)19-7-9-21(10-8-19)28-23(24,25)26/h7-12,14H,4,6,13H2,1-3,5H3/b18-14+. The number of aryl methyl sites for hydroxylation is 2. The highest BCUT2D eigenvalue weighted by atomic mass is 32.2. The van der Waals surface area contributed by atoms with Gasteiger partial charge in [-0.15, -0.1) is 13.2 Å². The summed E-state index contributed by atoms with van der Waals surface area (Å²) in [5, 5.41) is 2.05. The van der Waals surface area contributed by atoms with Gasteiger partial charge in [-0.05, 0) is 72.6 Å². The Labute approximate surface area is 174 Å². The Morgan fingerprint density at radius 2 is 1.72 bits per heavy atom. The smallest absolute Gasteiger partial charge is 0.496 e. The molecule has 156 valence electrons. The van der Waals surface area contributed by atoms with Gasteiger partial charge in [0, 0.05) is 4.91 Å². The van der Waals surface area contributed by atoms with Gasteiger partial charge in [-0.3, -0.25) is 0 Å². The number of halogens is 3. The highest BCUT2D eigenvalue weighted by molar-refractivity contribution is 8.10. The number of thioether (sulfide) groups is 1. The minimum atomic E-state index is -4.69. The molecule has 0 aromatic heterocycles. The number of methoxy groups -OCH3 is 1. The molecule has 0 aliphatic rings. The molecular weight excluding hydrogens is 397 g/mol. The molecule has 2 aromatic rings. The molecule has 0 amide bonds. The van der Waals surface area contributed by atoms with E-state index in [-0.39, 0.29) is 5.75 Å². The zero-order valence-electron chi connectivity index (χ0n) is 17.0. The molecule has 6 heteroatoms. The summed E-state index contributed by atoms with van der Waals surface area (Å²) < 4.78 is 46.2. The van der Waals surface area contributed by atoms with Gasteiger partial charge in [0.05, 0.1) is 7.11 Å². The van der Waals surface area contributed by atoms with E-state index in [0.717, 1.165) is 34.6 Å². The molecule has 0 saturated heterocycles. The van der Waals surface area contributed by atoms with Crippen LogP contribution in [0.3, 0.4) is 0 Å². The van der Waals surface area contributed by atoms with E-state index in [2.05, 4.69) is 49.6 Å². The molecule has 0 heterocycles. The van der Waals surface area contributed by atoms with Crippen molar-refractivity contribution >= 4 is 16.7 Å². The minimum Gasteiger partial charge on any atom is -0.496 e. The molecule has 0 unspecified atom stereocenters. The lowest BCUT2D eigenvalue weighted by atomic mass is 9.99. The molecule has 29 heavy (non-hydrogen) atoms. The van der Waals surface area contributed by atoms with E-state index in [4.69, 9.17) is 4.74 Å². The third kappa shape index (κ3) is 6.89. The predicted molar refractivity (Wildman–Crippen MR) is 114 cm³/mol. The molecule has 0 saturated carbocycles. The third-order valence-electron chi connectivity index (χ3n) is 4.55. The van der Waals surface area contributed by atoms with Gasteiger partial charge >= 0.3 is 6.36 Å². The van der Waals surface area contributed by atoms with Crippen molar-refractivity contribution < 1.29 is 22.6 Å². The van der Waals surface area contributed by atoms with Crippen LogP contribution >= 0.6 is 11.8 Å². The van der Waals surface area contributed by atoms with Crippen LogP contribution in [0.5, 0.6) is 11.5 Å². The maximum absolute atomic E-state index is 12.3. The van der Waals surface area contributed by atoms with E-state index in [0.29, 0.717) is 0 Å². The van der Waals surface area contributed by atoms with Crippen LogP contribution in [0.25, 0.3) is 4.91 Å². The van der Waals surface area contributed by atoms with Gasteiger partial charge in [-0.2, -0.15) is 0 Å². The first kappa shape index (κ1) is 22.9. The van der Waals surface area contributed by atoms with Crippen molar-refractivity contribution in [2.24, 2.45) is 0 Å². The maximum atomic E-state index is 12.3. The average molecular weight is 423 g/mol. The minimum absolute atomic E-state index is 0.245. The van der Waals surface area contributed by atoms with Crippen molar-refractivity contribution in [3.05, 3.63) is 76.2 Å². The predicted octanol–water partition coefficient (Wildman–Crippen LogP) is 7.45. The Bertz CT molecular complexity index is 884. The highest BCUT2D eigenvalue weighted by Crippen LogP contribution is 2.32. The average Bonchev–Trinajstić information content (AvgIpc) is 2.66. The van der Waals surface area contributed by atoms with E-state index in [1.165, 1.54) is 40.6 Å². The van der Waals surface area contributed by atoms with E-state index >= 15 is 0 Å². The van der Waals surface area contributed by atoms with Crippen molar-refractivity contribution in [2.45, 2.75) is 40.0 Å². The van der Waals surface area contributed by atoms with Crippen molar-refractivity contribution in [1.82, 2.24) is 0 Å². The topological polar surface area (TPSA) is 18.5 Å². The summed E-state index contributed by atoms with van der Waals surface area (Å²) >= 11 is 1.46. The number of alkyl halides is 3. The number of benzene rings is 2. The maximum Gasteiger partial charge on any atom is 0.573 e. The Hall–Kier alpha value is -2.34. The fraction of sp³-hybridized carbons (Fsp3) is 0.304. The van der Waals surface area contributed by atoms with E-state index in [9.17, 15) is 13.2 Å². The molecule has 2 rings (SSSR count). The van der Waals surface area contributed by atoms with Gasteiger partial charge in [0.25, 0.3) is 0 Å². The lowest BCUT2D eigenvalue weighted by molar-refractivity contribution is -0.274. The highest BCUT2D eigenvalue weighted by Gasteiger charge is 2.30. The fourth-order valence-electron chi connectivity index (χ4n) is 2.74. The van der Waals surface area contributed by atoms with Crippen LogP contribution in [-0.4, -0.2) is 13.5 Å². The zero-order chi connectivity index (χ0) is 21.6. The molecule has 2 nitrogen and oxygen atoms in total. The number of hydrogen-bond acceptors (Lipinski definition) is 3. The number of hydrogen-bond donors (Lipinski definition) is 0. The summed E-state index contributed by atoms with van der Waals surface area (Å²) in [6.45, 7) is 10.3. The molecule has 0 bridgehead atoms. The summed E-state index contributed by atoms with van der Waals surface area (Å²) in [7, 11) is 1.67. The van der Waals surface area contributed by atoms with E-state index in [1.807, 2.05) is 0 Å². The van der Waals surface area contributed by atoms with Crippen molar-refractivity contribution in [3.63, 3.8) is 0 Å². The Kier molecular flexibility index (Phi) is 7.85. The summed E-state index contributed by atoms with van der Waals surface area (Å²) in [6.07, 6.45) is -3.06. The largest absolute Gasteiger partial charge is 0.573 e. The van der Waals surface area contributed by atoms with Crippen LogP contribution in [0.1, 0.15) is 35.6 Å². The van der Waals surface area contributed by atoms with E-state index in [1.54, 1.807) is 19.2 Å². The van der Waals surface area contributed by atoms with Crippen molar-refractivity contribution in [3.8, 4) is 11.5 Å². The molecule has 0 aliphatic carbocycles. The molecular formula is C23H25F3O2S. The first-order chi connectivity index (χ1) is 13.6. The molecule has 0 fully saturated rings. The van der Waals surface area contributed by atoms with Gasteiger partial charge in [0.1, 0.15) is 11.5 Å². The summed E-state index contributed by atoms with van der Waals surface area (Å²) in [6, 6.07) is 9.92. The first-order valence-corrected chi connectivity index (χ1v) is 10.0. The van der Waals surface area contributed by atoms with Crippen LogP contribution in [0.15, 0.2) is 54.0 Å². The number of allylic oxidation sites excluding steroid dienone is 1. The van der Waals surface area contributed by atoms with Gasteiger partial charge in [0.2, 0.25) is 0 Å². The monoisotopic (exact) mass is 422 g/mol. The van der Waals surface area contributed by atoms with Crippen molar-refractivity contribution in [2.75, 3.05) is 7.11 Å². The molecule has 0 atom stereocenters. The second kappa shape index (κ2) is 9.92. The zero-order valence-corrected chi connectivity index (χ0v) is 17.8. The van der Waals surface area contributed by atoms with Gasteiger partial charge < -0.3 is 9.47 Å². The van der Waals surface area contributed by atoms with Crippen LogP contribution in [-0.2, 0) is 6.42 Å². The molecule has 2 aromatic carbocycles. The molecule has 0 aliphatic heterocycles. The second-order valence-corrected chi connectivity index (χ2v) is 7.63. The lowest BCUT2D eigenvalue weighted by Crippen LogP contribution is -2.16. The quantitative estimate of drug-likeness (QED) is 0.440. The normalized spacial score (nSPS) is 12.0. The van der Waals surface area contributed by atoms with Crippen LogP contribution in [0, 0.1) is 13.8 Å². The molecule has 0 N–H and O–H groups in total. The second-order valence-electron chi connectivity index (χ2n) is 6.67. The Morgan fingerprint density at radius 1 is 1.10 bits per heavy atom. The SMILES string of the molecule is C=C(S/C=C(\CC)Cc1cc(C)c(C)cc1OC)c1ccc(OC(F)(F)F)cc1. The summed E-state index contributed by atoms with van der Waals surface area (Å²) in [4.78, 5) is 0.751. The van der Waals surface area contributed by atoms with Crippen LogP contribution in [0.2, 0.25) is 0 Å². The molecule has 0 spiro atoms. The van der Waals surface area contributed by atoms with Crippen molar-refractivity contribution in [1.29, 1.82) is 0 Å². The summed E-state index contributed by atoms with van der Waals surface area (Å²) in [5.41, 5.74) is 5.50. The third-order valence-corrected chi connectivity index (χ3v) is 5.52. The Morgan fingerprint density at radius 3 is 2.28 bits per heavy atom. The van der Waals surface area contributed by atoms with Gasteiger partial charge in [-0.1, -0.05) is 49.0 Å². The first-order valence-electron chi connectivity index (χ1n) is 9.16. The van der Waals surface area contributed by atoms with E-state index < -0.39 is 6.36 Å². The van der Waals surface area contributed by atoms with Gasteiger partial charge in [-0.25, -0.2) is 0 Å². The summed E-state index contributed by atoms with van der Waals surface area (Å²) in [5.74, 6) is 0.627. The lowest BCUT2D eigenvalue weighted by Gasteiger charge is -2.13. The number of ether oxygens (including phenoxy) is 2. The Balaban J connectivity index is 2.09. The number of rotatable bonds is 8. The fourth-order valence-corrected chi connectivity index (χ4v) is 3.57.